The Kier molecular flexibility index (Phi) is 4.56. The maximum absolute atomic E-state index is 12.5. The molecule has 0 saturated heterocycles. The average Bonchev–Trinajstić information content (AvgIpc) is 2.95. The number of fused-ring (bicyclic) bond motifs is 1. The number of furan rings is 1. The van der Waals surface area contributed by atoms with Crippen molar-refractivity contribution in [3.05, 3.63) is 59.9 Å². The fourth-order valence-corrected chi connectivity index (χ4v) is 2.92. The first-order valence-corrected chi connectivity index (χ1v) is 8.28. The monoisotopic (exact) mass is 322 g/mol. The summed E-state index contributed by atoms with van der Waals surface area (Å²) in [5.74, 6) is 0.142. The number of nitrogens with zero attached hydrogens (tertiary/aromatic N) is 1. The zero-order chi connectivity index (χ0) is 17.1. The van der Waals surface area contributed by atoms with E-state index in [0.29, 0.717) is 5.76 Å². The molecule has 2 aromatic carbocycles. The van der Waals surface area contributed by atoms with Crippen LogP contribution in [0.25, 0.3) is 11.0 Å². The molecule has 0 radical (unpaired) electrons. The van der Waals surface area contributed by atoms with Gasteiger partial charge in [-0.05, 0) is 51.1 Å². The number of hydrogen-bond acceptors (Lipinski definition) is 3. The van der Waals surface area contributed by atoms with E-state index in [4.69, 9.17) is 4.42 Å². The van der Waals surface area contributed by atoms with Crippen LogP contribution in [-0.4, -0.2) is 19.0 Å². The first-order valence-electron chi connectivity index (χ1n) is 8.28. The Morgan fingerprint density at radius 1 is 1.04 bits per heavy atom. The van der Waals surface area contributed by atoms with Crippen molar-refractivity contribution in [2.45, 2.75) is 20.8 Å². The van der Waals surface area contributed by atoms with Gasteiger partial charge in [0.15, 0.2) is 5.76 Å². The van der Waals surface area contributed by atoms with Crippen molar-refractivity contribution >= 4 is 28.3 Å². The van der Waals surface area contributed by atoms with Crippen molar-refractivity contribution < 1.29 is 9.21 Å². The molecule has 0 bridgehead atoms. The second-order valence-electron chi connectivity index (χ2n) is 5.73. The lowest BCUT2D eigenvalue weighted by Gasteiger charge is -2.21. The number of aryl methyl sites for hydroxylation is 1. The van der Waals surface area contributed by atoms with E-state index in [9.17, 15) is 4.79 Å². The van der Waals surface area contributed by atoms with Crippen LogP contribution < -0.4 is 10.2 Å². The Morgan fingerprint density at radius 2 is 1.71 bits per heavy atom. The fraction of sp³-hybridized carbons (Fsp3) is 0.250. The van der Waals surface area contributed by atoms with E-state index in [-0.39, 0.29) is 5.91 Å². The molecule has 0 unspecified atom stereocenters. The minimum Gasteiger partial charge on any atom is -0.451 e. The van der Waals surface area contributed by atoms with Gasteiger partial charge in [-0.3, -0.25) is 4.79 Å². The van der Waals surface area contributed by atoms with E-state index in [1.165, 1.54) is 0 Å². The average molecular weight is 322 g/mol. The molecule has 0 saturated carbocycles. The normalized spacial score (nSPS) is 10.8. The first kappa shape index (κ1) is 16.1. The molecule has 124 valence electrons. The molecular weight excluding hydrogens is 300 g/mol. The van der Waals surface area contributed by atoms with E-state index in [0.717, 1.165) is 41.0 Å². The predicted molar refractivity (Wildman–Crippen MR) is 98.9 cm³/mol. The second-order valence-corrected chi connectivity index (χ2v) is 5.73. The van der Waals surface area contributed by atoms with Gasteiger partial charge in [0.1, 0.15) is 5.58 Å². The van der Waals surface area contributed by atoms with Gasteiger partial charge in [0.2, 0.25) is 0 Å². The van der Waals surface area contributed by atoms with Crippen LogP contribution in [0.2, 0.25) is 0 Å². The van der Waals surface area contributed by atoms with Crippen molar-refractivity contribution in [1.29, 1.82) is 0 Å². The van der Waals surface area contributed by atoms with Crippen LogP contribution in [0, 0.1) is 6.92 Å². The Morgan fingerprint density at radius 3 is 2.33 bits per heavy atom. The molecule has 0 aliphatic carbocycles. The smallest absolute Gasteiger partial charge is 0.291 e. The van der Waals surface area contributed by atoms with Crippen LogP contribution in [0.5, 0.6) is 0 Å². The summed E-state index contributed by atoms with van der Waals surface area (Å²) >= 11 is 0. The lowest BCUT2D eigenvalue weighted by molar-refractivity contribution is 0.0998. The molecule has 1 amide bonds. The topological polar surface area (TPSA) is 45.5 Å². The van der Waals surface area contributed by atoms with Gasteiger partial charge in [0.05, 0.1) is 0 Å². The lowest BCUT2D eigenvalue weighted by Crippen LogP contribution is -2.21. The van der Waals surface area contributed by atoms with Crippen LogP contribution in [0.15, 0.2) is 52.9 Å². The van der Waals surface area contributed by atoms with Gasteiger partial charge >= 0.3 is 0 Å². The molecule has 4 heteroatoms. The molecule has 1 heterocycles. The van der Waals surface area contributed by atoms with Crippen LogP contribution in [-0.2, 0) is 0 Å². The van der Waals surface area contributed by atoms with E-state index < -0.39 is 0 Å². The second kappa shape index (κ2) is 6.79. The number of rotatable bonds is 5. The van der Waals surface area contributed by atoms with Crippen LogP contribution >= 0.6 is 0 Å². The van der Waals surface area contributed by atoms with Crippen LogP contribution in [0.4, 0.5) is 11.4 Å². The highest BCUT2D eigenvalue weighted by molar-refractivity contribution is 6.06. The van der Waals surface area contributed by atoms with Gasteiger partial charge in [-0.25, -0.2) is 0 Å². The number of hydrogen-bond donors (Lipinski definition) is 1. The summed E-state index contributed by atoms with van der Waals surface area (Å²) in [7, 11) is 0. The number of nitrogens with one attached hydrogen (secondary N) is 1. The molecule has 1 N–H and O–H groups in total. The lowest BCUT2D eigenvalue weighted by atomic mass is 10.1. The van der Waals surface area contributed by atoms with Crippen molar-refractivity contribution in [2.24, 2.45) is 0 Å². The summed E-state index contributed by atoms with van der Waals surface area (Å²) in [6.07, 6.45) is 0. The highest BCUT2D eigenvalue weighted by atomic mass is 16.3. The van der Waals surface area contributed by atoms with Crippen LogP contribution in [0.1, 0.15) is 30.0 Å². The first-order chi connectivity index (χ1) is 11.6. The SMILES string of the molecule is CCN(CC)c1ccc(NC(=O)c2oc3ccccc3c2C)cc1. The molecule has 1 aromatic heterocycles. The van der Waals surface area contributed by atoms with Gasteiger partial charge in [-0.2, -0.15) is 0 Å². The number of amides is 1. The van der Waals surface area contributed by atoms with Crippen molar-refractivity contribution in [3.8, 4) is 0 Å². The summed E-state index contributed by atoms with van der Waals surface area (Å²) in [6.45, 7) is 8.08. The van der Waals surface area contributed by atoms with Crippen molar-refractivity contribution in [3.63, 3.8) is 0 Å². The minimum absolute atomic E-state index is 0.223. The maximum atomic E-state index is 12.5. The van der Waals surface area contributed by atoms with Crippen LogP contribution in [0.3, 0.4) is 0 Å². The van der Waals surface area contributed by atoms with E-state index in [2.05, 4.69) is 24.1 Å². The number of para-hydroxylation sites is 1. The zero-order valence-corrected chi connectivity index (χ0v) is 14.3. The van der Waals surface area contributed by atoms with Crippen molar-refractivity contribution in [1.82, 2.24) is 0 Å². The quantitative estimate of drug-likeness (QED) is 0.731. The summed E-state index contributed by atoms with van der Waals surface area (Å²) in [6, 6.07) is 15.6. The standard InChI is InChI=1S/C20H22N2O2/c1-4-22(5-2)16-12-10-15(11-13-16)21-20(23)19-14(3)17-8-6-7-9-18(17)24-19/h6-13H,4-5H2,1-3H3,(H,21,23). The number of anilines is 2. The number of carbonyl (C=O) groups is 1. The Labute approximate surface area is 142 Å². The van der Waals surface area contributed by atoms with Crippen molar-refractivity contribution in [2.75, 3.05) is 23.3 Å². The molecule has 0 atom stereocenters. The number of carbonyl (C=O) groups excluding carboxylic acids is 1. The third kappa shape index (κ3) is 3.00. The molecule has 24 heavy (non-hydrogen) atoms. The number of benzene rings is 2. The Bertz CT molecular complexity index is 846. The molecule has 0 aliphatic heterocycles. The van der Waals surface area contributed by atoms with Gasteiger partial charge in [0.25, 0.3) is 5.91 Å². The van der Waals surface area contributed by atoms with E-state index in [1.54, 1.807) is 0 Å². The molecule has 4 nitrogen and oxygen atoms in total. The largest absolute Gasteiger partial charge is 0.451 e. The summed E-state index contributed by atoms with van der Waals surface area (Å²) in [5.41, 5.74) is 3.51. The van der Waals surface area contributed by atoms with E-state index in [1.807, 2.05) is 55.5 Å². The third-order valence-corrected chi connectivity index (χ3v) is 4.30. The van der Waals surface area contributed by atoms with Gasteiger partial charge < -0.3 is 14.6 Å². The van der Waals surface area contributed by atoms with Gasteiger partial charge in [-0.15, -0.1) is 0 Å². The summed E-state index contributed by atoms with van der Waals surface area (Å²) < 4.78 is 5.71. The predicted octanol–water partition coefficient (Wildman–Crippen LogP) is 4.84. The molecule has 0 aliphatic rings. The molecule has 0 spiro atoms. The summed E-state index contributed by atoms with van der Waals surface area (Å²) in [4.78, 5) is 14.8. The fourth-order valence-electron chi connectivity index (χ4n) is 2.92. The van der Waals surface area contributed by atoms with Gasteiger partial charge in [-0.1, -0.05) is 18.2 Å². The maximum Gasteiger partial charge on any atom is 0.291 e. The Balaban J connectivity index is 1.80. The Hall–Kier alpha value is -2.75. The highest BCUT2D eigenvalue weighted by Gasteiger charge is 2.17. The van der Waals surface area contributed by atoms with E-state index >= 15 is 0 Å². The van der Waals surface area contributed by atoms with Gasteiger partial charge in [0, 0.05) is 35.4 Å². The molecule has 0 fully saturated rings. The highest BCUT2D eigenvalue weighted by Crippen LogP contribution is 2.26. The minimum atomic E-state index is -0.223. The molecule has 3 aromatic rings. The summed E-state index contributed by atoms with van der Waals surface area (Å²) in [5, 5.41) is 3.88. The molecular formula is C20H22N2O2. The third-order valence-electron chi connectivity index (χ3n) is 4.30. The zero-order valence-electron chi connectivity index (χ0n) is 14.3. The molecule has 3 rings (SSSR count).